The highest BCUT2D eigenvalue weighted by Gasteiger charge is 2.42. The molecule has 0 radical (unpaired) electrons. The van der Waals surface area contributed by atoms with Crippen LogP contribution in [-0.4, -0.2) is 29.6 Å². The van der Waals surface area contributed by atoms with Crippen molar-refractivity contribution in [3.05, 3.63) is 132 Å². The van der Waals surface area contributed by atoms with Crippen LogP contribution >= 0.6 is 0 Å². The molecule has 0 saturated carbocycles. The topological polar surface area (TPSA) is 45.5 Å². The van der Waals surface area contributed by atoms with Gasteiger partial charge in [0.15, 0.2) is 11.5 Å². The Morgan fingerprint density at radius 2 is 1.23 bits per heavy atom. The SMILES string of the molecule is CC(C)(CCC(C#N)(c1ccccc1)c1ccccc1)N1CC(Oc2ccccc2OCc2ccccc2)C1. The van der Waals surface area contributed by atoms with E-state index in [1.807, 2.05) is 78.9 Å². The largest absolute Gasteiger partial charge is 0.485 e. The van der Waals surface area contributed by atoms with Crippen LogP contribution in [0.5, 0.6) is 11.5 Å². The van der Waals surface area contributed by atoms with E-state index in [4.69, 9.17) is 9.47 Å². The molecule has 1 aliphatic heterocycles. The molecule has 0 N–H and O–H groups in total. The second-order valence-electron chi connectivity index (χ2n) is 10.9. The number of rotatable bonds is 11. The van der Waals surface area contributed by atoms with Crippen molar-refractivity contribution >= 4 is 0 Å². The third-order valence-electron chi connectivity index (χ3n) is 7.92. The Hall–Kier alpha value is -4.07. The molecule has 1 fully saturated rings. The quantitative estimate of drug-likeness (QED) is 0.208. The van der Waals surface area contributed by atoms with Gasteiger partial charge in [-0.05, 0) is 55.5 Å². The molecule has 0 unspecified atom stereocenters. The van der Waals surface area contributed by atoms with Crippen LogP contribution in [0, 0.1) is 11.3 Å². The third kappa shape index (κ3) is 6.00. The van der Waals surface area contributed by atoms with Crippen LogP contribution in [-0.2, 0) is 12.0 Å². The highest BCUT2D eigenvalue weighted by atomic mass is 16.5. The van der Waals surface area contributed by atoms with Gasteiger partial charge >= 0.3 is 0 Å². The molecule has 1 saturated heterocycles. The molecule has 0 aromatic heterocycles. The molecular formula is C35H36N2O2. The average Bonchev–Trinajstić information content (AvgIpc) is 2.96. The molecule has 0 aliphatic carbocycles. The van der Waals surface area contributed by atoms with E-state index in [2.05, 4.69) is 61.2 Å². The third-order valence-corrected chi connectivity index (χ3v) is 7.92. The van der Waals surface area contributed by atoms with Crippen LogP contribution in [0.1, 0.15) is 43.4 Å². The second kappa shape index (κ2) is 11.8. The summed E-state index contributed by atoms with van der Waals surface area (Å²) >= 11 is 0. The van der Waals surface area contributed by atoms with Crippen molar-refractivity contribution in [2.75, 3.05) is 13.1 Å². The molecule has 0 bridgehead atoms. The molecule has 0 spiro atoms. The Morgan fingerprint density at radius 1 is 0.718 bits per heavy atom. The highest BCUT2D eigenvalue weighted by Crippen LogP contribution is 2.40. The van der Waals surface area contributed by atoms with Gasteiger partial charge in [0.25, 0.3) is 0 Å². The van der Waals surface area contributed by atoms with Crippen molar-refractivity contribution in [3.8, 4) is 17.6 Å². The van der Waals surface area contributed by atoms with Gasteiger partial charge in [0.05, 0.1) is 6.07 Å². The van der Waals surface area contributed by atoms with Crippen molar-refractivity contribution in [2.45, 2.75) is 50.4 Å². The molecule has 198 valence electrons. The average molecular weight is 517 g/mol. The van der Waals surface area contributed by atoms with Gasteiger partial charge in [-0.1, -0.05) is 103 Å². The number of ether oxygens (including phenoxy) is 2. The van der Waals surface area contributed by atoms with Crippen molar-refractivity contribution < 1.29 is 9.47 Å². The Bertz CT molecular complexity index is 1340. The van der Waals surface area contributed by atoms with Crippen LogP contribution in [0.4, 0.5) is 0 Å². The maximum Gasteiger partial charge on any atom is 0.161 e. The van der Waals surface area contributed by atoms with E-state index in [0.717, 1.165) is 54.1 Å². The molecule has 0 amide bonds. The number of benzene rings is 4. The first-order chi connectivity index (χ1) is 19.0. The molecular weight excluding hydrogens is 480 g/mol. The van der Waals surface area contributed by atoms with Gasteiger partial charge in [-0.15, -0.1) is 0 Å². The maximum atomic E-state index is 10.5. The van der Waals surface area contributed by atoms with Gasteiger partial charge in [-0.25, -0.2) is 0 Å². The summed E-state index contributed by atoms with van der Waals surface area (Å²) in [6, 6.07) is 41.2. The molecule has 1 heterocycles. The first-order valence-electron chi connectivity index (χ1n) is 13.7. The van der Waals surface area contributed by atoms with Crippen LogP contribution in [0.2, 0.25) is 0 Å². The lowest BCUT2D eigenvalue weighted by Gasteiger charge is -2.49. The van der Waals surface area contributed by atoms with Gasteiger partial charge < -0.3 is 9.47 Å². The predicted molar refractivity (Wildman–Crippen MR) is 156 cm³/mol. The lowest BCUT2D eigenvalue weighted by Crippen LogP contribution is -2.62. The minimum absolute atomic E-state index is 0.0746. The summed E-state index contributed by atoms with van der Waals surface area (Å²) in [6.45, 7) is 6.75. The highest BCUT2D eigenvalue weighted by molar-refractivity contribution is 5.46. The zero-order valence-corrected chi connectivity index (χ0v) is 22.8. The number of hydrogen-bond donors (Lipinski definition) is 0. The molecule has 5 rings (SSSR count). The zero-order chi connectivity index (χ0) is 27.1. The number of para-hydroxylation sites is 2. The summed E-state index contributed by atoms with van der Waals surface area (Å²) in [4.78, 5) is 2.46. The fourth-order valence-corrected chi connectivity index (χ4v) is 5.33. The summed E-state index contributed by atoms with van der Waals surface area (Å²) in [5.74, 6) is 1.55. The van der Waals surface area contributed by atoms with E-state index < -0.39 is 5.41 Å². The fourth-order valence-electron chi connectivity index (χ4n) is 5.33. The summed E-state index contributed by atoms with van der Waals surface area (Å²) < 4.78 is 12.5. The Labute approximate surface area is 232 Å². The Morgan fingerprint density at radius 3 is 1.79 bits per heavy atom. The standard InChI is InChI=1S/C35H36N2O2/c1-34(2,22-23-35(27-36,29-16-8-4-9-17-29)30-18-10-5-11-19-30)37-24-31(25-37)39-33-21-13-12-20-32(33)38-26-28-14-6-3-7-15-28/h3-21,31H,22-26H2,1-2H3. The Balaban J connectivity index is 1.22. The van der Waals surface area contributed by atoms with E-state index in [1.54, 1.807) is 0 Å². The molecule has 4 heteroatoms. The number of hydrogen-bond acceptors (Lipinski definition) is 4. The minimum Gasteiger partial charge on any atom is -0.485 e. The van der Waals surface area contributed by atoms with Gasteiger partial charge in [0, 0.05) is 18.6 Å². The second-order valence-corrected chi connectivity index (χ2v) is 10.9. The lowest BCUT2D eigenvalue weighted by molar-refractivity contribution is -0.0473. The number of nitrogens with zero attached hydrogens (tertiary/aromatic N) is 2. The summed E-state index contributed by atoms with van der Waals surface area (Å²) in [5.41, 5.74) is 2.46. The van der Waals surface area contributed by atoms with Crippen molar-refractivity contribution in [3.63, 3.8) is 0 Å². The molecule has 4 nitrogen and oxygen atoms in total. The van der Waals surface area contributed by atoms with Crippen molar-refractivity contribution in [1.82, 2.24) is 4.90 Å². The van der Waals surface area contributed by atoms with E-state index in [-0.39, 0.29) is 11.6 Å². The molecule has 4 aromatic rings. The summed E-state index contributed by atoms with van der Waals surface area (Å²) in [7, 11) is 0. The smallest absolute Gasteiger partial charge is 0.161 e. The predicted octanol–water partition coefficient (Wildman–Crippen LogP) is 7.40. The van der Waals surface area contributed by atoms with Gasteiger partial charge in [-0.2, -0.15) is 5.26 Å². The van der Waals surface area contributed by atoms with Crippen molar-refractivity contribution in [1.29, 1.82) is 5.26 Å². The van der Waals surface area contributed by atoms with E-state index >= 15 is 0 Å². The lowest BCUT2D eigenvalue weighted by atomic mass is 9.70. The fraction of sp³-hybridized carbons (Fsp3) is 0.286. The molecule has 0 atom stereocenters. The monoisotopic (exact) mass is 516 g/mol. The first-order valence-corrected chi connectivity index (χ1v) is 13.7. The van der Waals surface area contributed by atoms with E-state index in [0.29, 0.717) is 6.61 Å². The minimum atomic E-state index is -0.685. The van der Waals surface area contributed by atoms with Crippen LogP contribution < -0.4 is 9.47 Å². The van der Waals surface area contributed by atoms with Crippen LogP contribution in [0.3, 0.4) is 0 Å². The Kier molecular flexibility index (Phi) is 8.00. The molecule has 39 heavy (non-hydrogen) atoms. The van der Waals surface area contributed by atoms with E-state index in [9.17, 15) is 5.26 Å². The van der Waals surface area contributed by atoms with Crippen LogP contribution in [0.25, 0.3) is 0 Å². The summed E-state index contributed by atoms with van der Waals surface area (Å²) in [5, 5.41) is 10.5. The zero-order valence-electron chi connectivity index (χ0n) is 22.8. The van der Waals surface area contributed by atoms with Crippen LogP contribution in [0.15, 0.2) is 115 Å². The van der Waals surface area contributed by atoms with E-state index in [1.165, 1.54) is 0 Å². The maximum absolute atomic E-state index is 10.5. The number of nitriles is 1. The molecule has 4 aromatic carbocycles. The number of likely N-dealkylation sites (tertiary alicyclic amines) is 1. The van der Waals surface area contributed by atoms with Crippen molar-refractivity contribution in [2.24, 2.45) is 0 Å². The molecule has 1 aliphatic rings. The summed E-state index contributed by atoms with van der Waals surface area (Å²) in [6.07, 6.45) is 1.73. The first kappa shape index (κ1) is 26.5. The van der Waals surface area contributed by atoms with Gasteiger partial charge in [0.1, 0.15) is 18.1 Å². The normalized spacial score (nSPS) is 14.3. The van der Waals surface area contributed by atoms with Gasteiger partial charge in [-0.3, -0.25) is 4.90 Å². The van der Waals surface area contributed by atoms with Gasteiger partial charge in [0.2, 0.25) is 0 Å².